The lowest BCUT2D eigenvalue weighted by atomic mass is 10.0. The lowest BCUT2D eigenvalue weighted by Gasteiger charge is -2.20. The third-order valence-corrected chi connectivity index (χ3v) is 4.85. The molecule has 1 N–H and O–H groups in total. The summed E-state index contributed by atoms with van der Waals surface area (Å²) < 4.78 is 0. The third kappa shape index (κ3) is 3.37. The van der Waals surface area contributed by atoms with Gasteiger partial charge in [-0.15, -0.1) is 0 Å². The number of aryl methyl sites for hydroxylation is 2. The molecule has 2 aromatic rings. The minimum Gasteiger partial charge on any atom is -0.341 e. The number of fused-ring (bicyclic) bond motifs is 1. The van der Waals surface area contributed by atoms with Gasteiger partial charge in [0.25, 0.3) is 5.91 Å². The SMILES string of the molecule is CC(=O)N[C@@H]1C(=O)N(Cc2ccc(Cl)cc2Cl)c2c(C)cc(C)cc21. The predicted molar refractivity (Wildman–Crippen MR) is 100 cm³/mol. The first-order valence-electron chi connectivity index (χ1n) is 7.91. The van der Waals surface area contributed by atoms with Gasteiger partial charge in [-0.25, -0.2) is 0 Å². The van der Waals surface area contributed by atoms with Gasteiger partial charge in [-0.1, -0.05) is 47.0 Å². The van der Waals surface area contributed by atoms with Crippen LogP contribution in [-0.4, -0.2) is 11.8 Å². The van der Waals surface area contributed by atoms with E-state index in [2.05, 4.69) is 5.32 Å². The second kappa shape index (κ2) is 6.70. The number of nitrogens with zero attached hydrogens (tertiary/aromatic N) is 1. The van der Waals surface area contributed by atoms with Gasteiger partial charge in [0.1, 0.15) is 6.04 Å². The number of halogens is 2. The van der Waals surface area contributed by atoms with E-state index in [1.165, 1.54) is 6.92 Å². The second-order valence-corrected chi connectivity index (χ2v) is 7.16. The van der Waals surface area contributed by atoms with Crippen molar-refractivity contribution in [2.75, 3.05) is 4.90 Å². The Morgan fingerprint density at radius 3 is 2.56 bits per heavy atom. The number of carbonyl (C=O) groups excluding carboxylic acids is 2. The summed E-state index contributed by atoms with van der Waals surface area (Å²) in [4.78, 5) is 26.2. The summed E-state index contributed by atoms with van der Waals surface area (Å²) in [6.07, 6.45) is 0. The zero-order valence-electron chi connectivity index (χ0n) is 14.2. The maximum atomic E-state index is 13.0. The summed E-state index contributed by atoms with van der Waals surface area (Å²) >= 11 is 12.2. The molecule has 3 rings (SSSR count). The molecule has 1 heterocycles. The molecule has 0 spiro atoms. The standard InChI is InChI=1S/C19H18Cl2N2O2/c1-10-6-11(2)18-15(7-10)17(22-12(3)24)19(25)23(18)9-13-4-5-14(20)8-16(13)21/h4-8,17H,9H2,1-3H3,(H,22,24)/t17-/m0/s1. The first-order valence-corrected chi connectivity index (χ1v) is 8.67. The van der Waals surface area contributed by atoms with Crippen LogP contribution in [0.1, 0.15) is 35.2 Å². The Hall–Kier alpha value is -2.04. The molecule has 2 aromatic carbocycles. The third-order valence-electron chi connectivity index (χ3n) is 4.26. The fourth-order valence-corrected chi connectivity index (χ4v) is 3.77. The maximum absolute atomic E-state index is 13.0. The highest BCUT2D eigenvalue weighted by Gasteiger charge is 2.39. The van der Waals surface area contributed by atoms with E-state index >= 15 is 0 Å². The highest BCUT2D eigenvalue weighted by atomic mass is 35.5. The van der Waals surface area contributed by atoms with Crippen LogP contribution in [0.5, 0.6) is 0 Å². The molecule has 25 heavy (non-hydrogen) atoms. The highest BCUT2D eigenvalue weighted by Crippen LogP contribution is 2.40. The van der Waals surface area contributed by atoms with Crippen molar-refractivity contribution in [1.29, 1.82) is 0 Å². The molecule has 0 saturated carbocycles. The summed E-state index contributed by atoms with van der Waals surface area (Å²) in [5.41, 5.74) is 4.49. The van der Waals surface area contributed by atoms with Crippen molar-refractivity contribution in [3.63, 3.8) is 0 Å². The van der Waals surface area contributed by atoms with Gasteiger partial charge in [-0.05, 0) is 37.1 Å². The van der Waals surface area contributed by atoms with Crippen molar-refractivity contribution in [2.45, 2.75) is 33.4 Å². The number of hydrogen-bond acceptors (Lipinski definition) is 2. The van der Waals surface area contributed by atoms with Gasteiger partial charge in [0.2, 0.25) is 5.91 Å². The molecule has 0 unspecified atom stereocenters. The monoisotopic (exact) mass is 376 g/mol. The van der Waals surface area contributed by atoms with E-state index in [9.17, 15) is 9.59 Å². The molecule has 1 aliphatic heterocycles. The number of amides is 2. The van der Waals surface area contributed by atoms with E-state index in [-0.39, 0.29) is 11.8 Å². The van der Waals surface area contributed by atoms with Crippen molar-refractivity contribution in [1.82, 2.24) is 5.32 Å². The minimum atomic E-state index is -0.669. The Morgan fingerprint density at radius 2 is 1.92 bits per heavy atom. The average molecular weight is 377 g/mol. The van der Waals surface area contributed by atoms with E-state index in [4.69, 9.17) is 23.2 Å². The molecule has 130 valence electrons. The van der Waals surface area contributed by atoms with Crippen LogP contribution in [0.3, 0.4) is 0 Å². The van der Waals surface area contributed by atoms with Crippen LogP contribution in [0.15, 0.2) is 30.3 Å². The van der Waals surface area contributed by atoms with Crippen LogP contribution in [0.4, 0.5) is 5.69 Å². The zero-order valence-corrected chi connectivity index (χ0v) is 15.7. The van der Waals surface area contributed by atoms with Crippen LogP contribution < -0.4 is 10.2 Å². The molecule has 0 aromatic heterocycles. The quantitative estimate of drug-likeness (QED) is 0.866. The molecule has 0 aliphatic carbocycles. The van der Waals surface area contributed by atoms with Crippen LogP contribution in [0, 0.1) is 13.8 Å². The molecule has 2 amide bonds. The van der Waals surface area contributed by atoms with Crippen molar-refractivity contribution >= 4 is 40.7 Å². The number of nitrogens with one attached hydrogen (secondary N) is 1. The first-order chi connectivity index (χ1) is 11.8. The van der Waals surface area contributed by atoms with Crippen LogP contribution >= 0.6 is 23.2 Å². The molecule has 4 nitrogen and oxygen atoms in total. The molecule has 1 atom stereocenters. The molecule has 0 saturated heterocycles. The zero-order chi connectivity index (χ0) is 18.3. The van der Waals surface area contributed by atoms with E-state index in [0.717, 1.165) is 27.9 Å². The molecular weight excluding hydrogens is 359 g/mol. The average Bonchev–Trinajstić information content (AvgIpc) is 2.75. The molecule has 0 fully saturated rings. The molecule has 1 aliphatic rings. The first kappa shape index (κ1) is 17.8. The van der Waals surface area contributed by atoms with Gasteiger partial charge >= 0.3 is 0 Å². The van der Waals surface area contributed by atoms with Gasteiger partial charge in [0, 0.05) is 22.5 Å². The Balaban J connectivity index is 2.06. The summed E-state index contributed by atoms with van der Waals surface area (Å²) in [5.74, 6) is -0.403. The molecule has 6 heteroatoms. The van der Waals surface area contributed by atoms with E-state index in [1.54, 1.807) is 17.0 Å². The smallest absolute Gasteiger partial charge is 0.254 e. The van der Waals surface area contributed by atoms with Crippen LogP contribution in [-0.2, 0) is 16.1 Å². The highest BCUT2D eigenvalue weighted by molar-refractivity contribution is 6.35. The number of hydrogen-bond donors (Lipinski definition) is 1. The summed E-state index contributed by atoms with van der Waals surface area (Å²) in [6.45, 7) is 5.67. The Morgan fingerprint density at radius 1 is 1.20 bits per heavy atom. The summed E-state index contributed by atoms with van der Waals surface area (Å²) in [6, 6.07) is 8.53. The van der Waals surface area contributed by atoms with Gasteiger partial charge < -0.3 is 10.2 Å². The maximum Gasteiger partial charge on any atom is 0.254 e. The van der Waals surface area contributed by atoms with Crippen LogP contribution in [0.25, 0.3) is 0 Å². The Kier molecular flexibility index (Phi) is 4.76. The Labute approximate surface area is 156 Å². The normalized spacial score (nSPS) is 16.1. The van der Waals surface area contributed by atoms with Crippen LogP contribution in [0.2, 0.25) is 10.0 Å². The fourth-order valence-electron chi connectivity index (χ4n) is 3.30. The number of benzene rings is 2. The fraction of sp³-hybridized carbons (Fsp3) is 0.263. The van der Waals surface area contributed by atoms with Crippen molar-refractivity contribution in [3.8, 4) is 0 Å². The number of anilines is 1. The second-order valence-electron chi connectivity index (χ2n) is 6.31. The van der Waals surface area contributed by atoms with Gasteiger partial charge in [-0.3, -0.25) is 9.59 Å². The largest absolute Gasteiger partial charge is 0.341 e. The number of rotatable bonds is 3. The van der Waals surface area contributed by atoms with Crippen molar-refractivity contribution in [2.24, 2.45) is 0 Å². The lowest BCUT2D eigenvalue weighted by molar-refractivity contribution is -0.126. The van der Waals surface area contributed by atoms with E-state index in [1.807, 2.05) is 32.0 Å². The predicted octanol–water partition coefficient (Wildman–Crippen LogP) is 4.33. The van der Waals surface area contributed by atoms with Gasteiger partial charge in [0.05, 0.1) is 12.2 Å². The van der Waals surface area contributed by atoms with Crippen molar-refractivity contribution < 1.29 is 9.59 Å². The topological polar surface area (TPSA) is 49.4 Å². The number of carbonyl (C=O) groups is 2. The molecular formula is C19H18Cl2N2O2. The Bertz CT molecular complexity index is 880. The lowest BCUT2D eigenvalue weighted by Crippen LogP contribution is -2.36. The van der Waals surface area contributed by atoms with Gasteiger partial charge in [0.15, 0.2) is 0 Å². The van der Waals surface area contributed by atoms with Gasteiger partial charge in [-0.2, -0.15) is 0 Å². The van der Waals surface area contributed by atoms with E-state index < -0.39 is 6.04 Å². The molecule has 0 bridgehead atoms. The molecule has 0 radical (unpaired) electrons. The van der Waals surface area contributed by atoms with Crippen molar-refractivity contribution in [3.05, 3.63) is 62.6 Å². The minimum absolute atomic E-state index is 0.162. The summed E-state index contributed by atoms with van der Waals surface area (Å²) in [7, 11) is 0. The van der Waals surface area contributed by atoms with E-state index in [0.29, 0.717) is 16.6 Å². The summed E-state index contributed by atoms with van der Waals surface area (Å²) in [5, 5.41) is 3.81.